The van der Waals surface area contributed by atoms with Crippen LogP contribution in [0.1, 0.15) is 19.8 Å². The van der Waals surface area contributed by atoms with Gasteiger partial charge in [0, 0.05) is 12.6 Å². The van der Waals surface area contributed by atoms with Gasteiger partial charge in [0.2, 0.25) is 11.8 Å². The third kappa shape index (κ3) is 8.10. The van der Waals surface area contributed by atoms with Gasteiger partial charge < -0.3 is 26.8 Å². The van der Waals surface area contributed by atoms with Gasteiger partial charge in [-0.3, -0.25) is 9.59 Å². The Kier molecular flexibility index (Phi) is 13.7. The molecule has 1 fully saturated rings. The molecule has 0 spiro atoms. The van der Waals surface area contributed by atoms with Crippen LogP contribution in [0.25, 0.3) is 0 Å². The van der Waals surface area contributed by atoms with Crippen LogP contribution in [0.3, 0.4) is 0 Å². The molecular formula is C12H19BNO5U. The van der Waals surface area contributed by atoms with Crippen LogP contribution in [0, 0.1) is 44.3 Å². The normalized spacial score (nSPS) is 20.6. The summed E-state index contributed by atoms with van der Waals surface area (Å²) in [7, 11) is 1.15. The van der Waals surface area contributed by atoms with Crippen LogP contribution in [0.4, 0.5) is 4.79 Å². The Balaban J connectivity index is 0. The van der Waals surface area contributed by atoms with Gasteiger partial charge in [0.05, 0.1) is 12.5 Å². The Labute approximate surface area is 143 Å². The zero-order chi connectivity index (χ0) is 14.8. The molecule has 8 heteroatoms. The van der Waals surface area contributed by atoms with E-state index in [1.54, 1.807) is 6.92 Å². The van der Waals surface area contributed by atoms with Crippen molar-refractivity contribution in [1.29, 1.82) is 0 Å². The molecule has 1 rings (SSSR count). The van der Waals surface area contributed by atoms with Crippen molar-refractivity contribution in [3.8, 4) is 0 Å². The molecule has 0 aromatic heterocycles. The summed E-state index contributed by atoms with van der Waals surface area (Å²) in [5.41, 5.74) is 0. The molecule has 2 atom stereocenters. The fraction of sp³-hybridized carbons (Fsp3) is 0.583. The van der Waals surface area contributed by atoms with Crippen molar-refractivity contribution < 1.29 is 56.0 Å². The van der Waals surface area contributed by atoms with Crippen molar-refractivity contribution in [3.05, 3.63) is 19.3 Å². The quantitative estimate of drug-likeness (QED) is 0.280. The first-order chi connectivity index (χ1) is 8.97. The smallest absolute Gasteiger partial charge is 0.566 e. The van der Waals surface area contributed by atoms with E-state index >= 15 is 0 Å². The van der Waals surface area contributed by atoms with Crippen LogP contribution in [0.15, 0.2) is 6.08 Å². The first kappa shape index (κ1) is 22.0. The number of likely N-dealkylation sites (tertiary alicyclic amines) is 1. The van der Waals surface area contributed by atoms with Gasteiger partial charge in [0.15, 0.2) is 0 Å². The molecule has 0 bridgehead atoms. The molecule has 1 amide bonds. The number of hydrogen-bond donors (Lipinski definition) is 3. The second-order valence-corrected chi connectivity index (χ2v) is 3.98. The predicted octanol–water partition coefficient (Wildman–Crippen LogP) is 0.669. The zero-order valence-corrected chi connectivity index (χ0v) is 15.6. The SMILES string of the molecule is C[CH-]O.[CH-]=C[C@H]1[C@H](O)CC(=O)N1CCC[B]C(=O)O.[U+2]. The minimum atomic E-state index is -0.963. The molecule has 0 aromatic carbocycles. The van der Waals surface area contributed by atoms with Gasteiger partial charge >= 0.3 is 31.1 Å². The Morgan fingerprint density at radius 1 is 1.65 bits per heavy atom. The summed E-state index contributed by atoms with van der Waals surface area (Å²) in [4.78, 5) is 23.2. The Hall–Kier alpha value is -0.283. The van der Waals surface area contributed by atoms with Crippen LogP contribution < -0.4 is 0 Å². The first-order valence-corrected chi connectivity index (χ1v) is 5.98. The molecule has 0 aliphatic carbocycles. The summed E-state index contributed by atoms with van der Waals surface area (Å²) >= 11 is 0. The van der Waals surface area contributed by atoms with Crippen LogP contribution in [-0.4, -0.2) is 58.0 Å². The van der Waals surface area contributed by atoms with E-state index in [0.29, 0.717) is 19.3 Å². The average Bonchev–Trinajstić information content (AvgIpc) is 2.59. The van der Waals surface area contributed by atoms with E-state index in [0.717, 1.165) is 13.9 Å². The fourth-order valence-electron chi connectivity index (χ4n) is 1.78. The molecule has 1 heterocycles. The number of aliphatic hydroxyl groups is 2. The summed E-state index contributed by atoms with van der Waals surface area (Å²) in [6, 6.07) is -0.447. The Bertz CT molecular complexity index is 316. The number of carboxylic acid groups (broad SMARTS) is 1. The van der Waals surface area contributed by atoms with Gasteiger partial charge in [0.25, 0.3) is 7.28 Å². The van der Waals surface area contributed by atoms with Crippen molar-refractivity contribution in [3.63, 3.8) is 0 Å². The summed E-state index contributed by atoms with van der Waals surface area (Å²) in [5, 5.41) is 25.3. The topological polar surface area (TPSA) is 98.1 Å². The largest absolute Gasteiger partial charge is 2.00 e. The molecule has 109 valence electrons. The van der Waals surface area contributed by atoms with E-state index in [1.165, 1.54) is 11.0 Å². The van der Waals surface area contributed by atoms with Gasteiger partial charge in [-0.1, -0.05) is 6.32 Å². The fourth-order valence-corrected chi connectivity index (χ4v) is 1.78. The number of nitrogens with zero attached hydrogens (tertiary/aromatic N) is 1. The molecular weight excluding hydrogens is 487 g/mol. The molecule has 1 radical (unpaired) electrons. The molecule has 20 heavy (non-hydrogen) atoms. The minimum Gasteiger partial charge on any atom is -0.566 e. The van der Waals surface area contributed by atoms with Crippen LogP contribution >= 0.6 is 0 Å². The van der Waals surface area contributed by atoms with Crippen LogP contribution in [0.2, 0.25) is 6.32 Å². The molecule has 0 unspecified atom stereocenters. The predicted molar refractivity (Wildman–Crippen MR) is 70.1 cm³/mol. The summed E-state index contributed by atoms with van der Waals surface area (Å²) in [6.07, 6.45) is 1.58. The van der Waals surface area contributed by atoms with E-state index in [9.17, 15) is 14.7 Å². The van der Waals surface area contributed by atoms with Gasteiger partial charge in [-0.2, -0.15) is 6.92 Å². The van der Waals surface area contributed by atoms with Gasteiger partial charge in [0.1, 0.15) is 0 Å². The van der Waals surface area contributed by atoms with Crippen molar-refractivity contribution in [2.45, 2.75) is 38.2 Å². The Morgan fingerprint density at radius 2 is 2.20 bits per heavy atom. The van der Waals surface area contributed by atoms with Gasteiger partial charge in [-0.15, -0.1) is 0 Å². The molecule has 0 saturated carbocycles. The second kappa shape index (κ2) is 12.5. The summed E-state index contributed by atoms with van der Waals surface area (Å²) in [5.74, 6) is -1.11. The maximum absolute atomic E-state index is 11.4. The second-order valence-electron chi connectivity index (χ2n) is 3.98. The monoisotopic (exact) mass is 506 g/mol. The minimum absolute atomic E-state index is 0. The Morgan fingerprint density at radius 3 is 2.65 bits per heavy atom. The van der Waals surface area contributed by atoms with Crippen LogP contribution in [0.5, 0.6) is 0 Å². The van der Waals surface area contributed by atoms with Crippen molar-refractivity contribution in [2.24, 2.45) is 0 Å². The van der Waals surface area contributed by atoms with Crippen molar-refractivity contribution >= 4 is 19.1 Å². The number of rotatable bonds is 6. The number of carbonyl (C=O) groups is 2. The van der Waals surface area contributed by atoms with E-state index in [4.69, 9.17) is 16.8 Å². The maximum Gasteiger partial charge on any atom is 2.00 e. The third-order valence-electron chi connectivity index (χ3n) is 2.58. The summed E-state index contributed by atoms with van der Waals surface area (Å²) < 4.78 is 0. The number of amides is 1. The first-order valence-electron chi connectivity index (χ1n) is 5.98. The molecule has 3 N–H and O–H groups in total. The maximum atomic E-state index is 11.4. The van der Waals surface area contributed by atoms with E-state index in [-0.39, 0.29) is 43.4 Å². The number of aliphatic hydroxyl groups excluding tert-OH is 2. The molecule has 1 saturated heterocycles. The number of carbonyl (C=O) groups excluding carboxylic acids is 1. The molecule has 0 aromatic rings. The van der Waals surface area contributed by atoms with Gasteiger partial charge in [-0.05, 0) is 6.42 Å². The standard InChI is InChI=1S/C10H14BNO4.C2H5O.U/c1-2-7-8(13)6-9(14)12(7)5-3-4-11-10(15)16;1-2-3;/h1-2,7-8,13H,3-6H2,(H,15,16);2-3H,1H3;/q2*-1;+2/t7-,8+;;/m0../s1. The molecule has 1 aliphatic rings. The summed E-state index contributed by atoms with van der Waals surface area (Å²) in [6.45, 7) is 8.32. The van der Waals surface area contributed by atoms with Gasteiger partial charge in [-0.25, -0.2) is 12.7 Å². The molecule has 6 nitrogen and oxygen atoms in total. The van der Waals surface area contributed by atoms with E-state index in [2.05, 4.69) is 0 Å². The van der Waals surface area contributed by atoms with Crippen molar-refractivity contribution in [2.75, 3.05) is 6.54 Å². The van der Waals surface area contributed by atoms with E-state index < -0.39 is 18.0 Å². The average molecular weight is 506 g/mol. The third-order valence-corrected chi connectivity index (χ3v) is 2.58. The van der Waals surface area contributed by atoms with E-state index in [1.807, 2.05) is 0 Å². The molecule has 1 aliphatic heterocycles. The number of hydrogen-bond acceptors (Lipinski definition) is 4. The van der Waals surface area contributed by atoms with Crippen LogP contribution in [-0.2, 0) is 4.79 Å². The van der Waals surface area contributed by atoms with Crippen molar-refractivity contribution in [1.82, 2.24) is 4.90 Å². The zero-order valence-electron chi connectivity index (χ0n) is 11.4.